The number of carboxylic acid groups (broad SMARTS) is 1. The van der Waals surface area contributed by atoms with E-state index >= 15 is 0 Å². The molecule has 1 rings (SSSR count). The summed E-state index contributed by atoms with van der Waals surface area (Å²) in [4.78, 5) is 37.4. The van der Waals surface area contributed by atoms with Crippen molar-refractivity contribution in [2.75, 3.05) is 7.11 Å². The minimum Gasteiger partial charge on any atom is -0.506 e. The molecule has 0 radical (unpaired) electrons. The fourth-order valence-electron chi connectivity index (χ4n) is 1.42. The Labute approximate surface area is 114 Å². The molecule has 0 saturated carbocycles. The molecule has 0 bridgehead atoms. The highest BCUT2D eigenvalue weighted by Crippen LogP contribution is 2.09. The number of carbonyl (C=O) groups is 3. The number of carbonyl (C=O) groups excluding carboxylic acids is 2. The number of methoxy groups -OCH3 is 1. The van der Waals surface area contributed by atoms with E-state index < -0.39 is 23.9 Å². The second kappa shape index (κ2) is 7.07. The summed E-state index contributed by atoms with van der Waals surface area (Å²) in [6, 6.07) is -0.0781. The van der Waals surface area contributed by atoms with Gasteiger partial charge in [-0.3, -0.25) is 14.6 Å². The zero-order valence-corrected chi connectivity index (χ0v) is 10.7. The van der Waals surface area contributed by atoms with Gasteiger partial charge in [-0.05, 0) is 12.5 Å². The summed E-state index contributed by atoms with van der Waals surface area (Å²) in [5.74, 6) is -2.75. The zero-order chi connectivity index (χ0) is 15.1. The number of aromatic hydroxyl groups is 1. The van der Waals surface area contributed by atoms with Crippen molar-refractivity contribution in [1.82, 2.24) is 10.3 Å². The van der Waals surface area contributed by atoms with Gasteiger partial charge < -0.3 is 20.3 Å². The Morgan fingerprint density at radius 1 is 1.40 bits per heavy atom. The standard InChI is InChI=1S/C12H14N2O6/c1-20-10(16)3-2-9(12(18)19)14-11(17)7-4-8(15)6-13-5-7/h4-6,9,15H,2-3H2,1H3,(H,14,17)(H,18,19)/t9-/m1/s1. The molecule has 20 heavy (non-hydrogen) atoms. The van der Waals surface area contributed by atoms with Gasteiger partial charge in [0.25, 0.3) is 5.91 Å². The fourth-order valence-corrected chi connectivity index (χ4v) is 1.42. The van der Waals surface area contributed by atoms with Gasteiger partial charge in [0.1, 0.15) is 11.8 Å². The molecule has 1 heterocycles. The molecule has 0 saturated heterocycles. The molecule has 0 aliphatic heterocycles. The first kappa shape index (κ1) is 15.4. The lowest BCUT2D eigenvalue weighted by atomic mass is 10.1. The predicted octanol–water partition coefficient (Wildman–Crippen LogP) is -0.0766. The van der Waals surface area contributed by atoms with Crippen LogP contribution in [0.1, 0.15) is 23.2 Å². The highest BCUT2D eigenvalue weighted by atomic mass is 16.5. The number of nitrogens with zero attached hydrogens (tertiary/aromatic N) is 1. The van der Waals surface area contributed by atoms with E-state index in [2.05, 4.69) is 15.0 Å². The lowest BCUT2D eigenvalue weighted by molar-refractivity contribution is -0.142. The average molecular weight is 282 g/mol. The number of aliphatic carboxylic acids is 1. The van der Waals surface area contributed by atoms with E-state index in [1.165, 1.54) is 13.3 Å². The van der Waals surface area contributed by atoms with Crippen LogP contribution in [0.5, 0.6) is 5.75 Å². The Morgan fingerprint density at radius 3 is 2.65 bits per heavy atom. The number of rotatable bonds is 6. The Bertz CT molecular complexity index is 516. The summed E-state index contributed by atoms with van der Waals surface area (Å²) in [5.41, 5.74) is 0.0225. The van der Waals surface area contributed by atoms with E-state index in [0.29, 0.717) is 0 Å². The zero-order valence-electron chi connectivity index (χ0n) is 10.7. The third-order valence-electron chi connectivity index (χ3n) is 2.45. The van der Waals surface area contributed by atoms with E-state index in [1.807, 2.05) is 0 Å². The number of ether oxygens (including phenoxy) is 1. The van der Waals surface area contributed by atoms with Crippen LogP contribution in [0.15, 0.2) is 18.5 Å². The van der Waals surface area contributed by atoms with E-state index in [-0.39, 0.29) is 24.2 Å². The predicted molar refractivity (Wildman–Crippen MR) is 66.0 cm³/mol. The summed E-state index contributed by atoms with van der Waals surface area (Å²) in [6.07, 6.45) is 2.10. The number of carboxylic acids is 1. The number of nitrogens with one attached hydrogen (secondary N) is 1. The van der Waals surface area contributed by atoms with Crippen LogP contribution in [-0.4, -0.2) is 46.2 Å². The molecule has 0 fully saturated rings. The third-order valence-corrected chi connectivity index (χ3v) is 2.45. The molecule has 108 valence electrons. The van der Waals surface area contributed by atoms with Crippen LogP contribution in [0, 0.1) is 0 Å². The summed E-state index contributed by atoms with van der Waals surface area (Å²) in [6.45, 7) is 0. The van der Waals surface area contributed by atoms with E-state index in [1.54, 1.807) is 0 Å². The van der Waals surface area contributed by atoms with E-state index in [0.717, 1.165) is 12.3 Å². The Hall–Kier alpha value is -2.64. The minimum atomic E-state index is -1.27. The van der Waals surface area contributed by atoms with Crippen molar-refractivity contribution in [3.63, 3.8) is 0 Å². The Morgan fingerprint density at radius 2 is 2.10 bits per heavy atom. The molecule has 1 atom stereocenters. The molecule has 1 amide bonds. The van der Waals surface area contributed by atoms with Crippen molar-refractivity contribution >= 4 is 17.8 Å². The number of hydrogen-bond acceptors (Lipinski definition) is 6. The van der Waals surface area contributed by atoms with Gasteiger partial charge in [-0.15, -0.1) is 0 Å². The van der Waals surface area contributed by atoms with Crippen molar-refractivity contribution in [2.45, 2.75) is 18.9 Å². The molecule has 1 aromatic heterocycles. The molecule has 0 unspecified atom stereocenters. The number of hydrogen-bond donors (Lipinski definition) is 3. The molecule has 0 aliphatic carbocycles. The molecule has 0 spiro atoms. The van der Waals surface area contributed by atoms with Crippen LogP contribution >= 0.6 is 0 Å². The average Bonchev–Trinajstić information content (AvgIpc) is 2.42. The number of pyridine rings is 1. The molecule has 8 nitrogen and oxygen atoms in total. The maximum absolute atomic E-state index is 11.8. The highest BCUT2D eigenvalue weighted by Gasteiger charge is 2.22. The second-order valence-corrected chi connectivity index (χ2v) is 3.91. The first-order valence-corrected chi connectivity index (χ1v) is 5.68. The van der Waals surface area contributed by atoms with Crippen molar-refractivity contribution in [1.29, 1.82) is 0 Å². The van der Waals surface area contributed by atoms with E-state index in [9.17, 15) is 19.5 Å². The van der Waals surface area contributed by atoms with Gasteiger partial charge in [0.05, 0.1) is 18.9 Å². The molecule has 8 heteroatoms. The van der Waals surface area contributed by atoms with Gasteiger partial charge in [-0.2, -0.15) is 0 Å². The molecule has 3 N–H and O–H groups in total. The summed E-state index contributed by atoms with van der Waals surface area (Å²) >= 11 is 0. The molecule has 1 aromatic rings. The van der Waals surface area contributed by atoms with Crippen molar-refractivity contribution in [3.05, 3.63) is 24.0 Å². The summed E-state index contributed by atoms with van der Waals surface area (Å²) in [5, 5.41) is 20.4. The topological polar surface area (TPSA) is 126 Å². The van der Waals surface area contributed by atoms with Gasteiger partial charge in [0, 0.05) is 12.6 Å². The van der Waals surface area contributed by atoms with Crippen LogP contribution in [0.2, 0.25) is 0 Å². The largest absolute Gasteiger partial charge is 0.506 e. The Kier molecular flexibility index (Phi) is 5.45. The second-order valence-electron chi connectivity index (χ2n) is 3.91. The van der Waals surface area contributed by atoms with Crippen molar-refractivity contribution in [3.8, 4) is 5.75 Å². The third kappa shape index (κ3) is 4.56. The smallest absolute Gasteiger partial charge is 0.326 e. The SMILES string of the molecule is COC(=O)CC[C@@H](NC(=O)c1cncc(O)c1)C(=O)O. The maximum atomic E-state index is 11.8. The van der Waals surface area contributed by atoms with Gasteiger partial charge in [0.2, 0.25) is 0 Å². The van der Waals surface area contributed by atoms with Crippen LogP contribution in [0.3, 0.4) is 0 Å². The first-order chi connectivity index (χ1) is 9.43. The molecule has 0 aliphatic rings. The highest BCUT2D eigenvalue weighted by molar-refractivity contribution is 5.96. The lowest BCUT2D eigenvalue weighted by Crippen LogP contribution is -2.41. The lowest BCUT2D eigenvalue weighted by Gasteiger charge is -2.13. The monoisotopic (exact) mass is 282 g/mol. The van der Waals surface area contributed by atoms with Crippen molar-refractivity contribution in [2.24, 2.45) is 0 Å². The number of esters is 1. The van der Waals surface area contributed by atoms with Crippen molar-refractivity contribution < 1.29 is 29.3 Å². The Balaban J connectivity index is 2.68. The van der Waals surface area contributed by atoms with Crippen LogP contribution in [-0.2, 0) is 14.3 Å². The van der Waals surface area contributed by atoms with Gasteiger partial charge in [-0.1, -0.05) is 0 Å². The molecular weight excluding hydrogens is 268 g/mol. The van der Waals surface area contributed by atoms with Gasteiger partial charge in [0.15, 0.2) is 0 Å². The number of amides is 1. The maximum Gasteiger partial charge on any atom is 0.326 e. The van der Waals surface area contributed by atoms with Gasteiger partial charge in [-0.25, -0.2) is 4.79 Å². The minimum absolute atomic E-state index is 0.0225. The quantitative estimate of drug-likeness (QED) is 0.623. The fraction of sp³-hybridized carbons (Fsp3) is 0.333. The first-order valence-electron chi connectivity index (χ1n) is 5.68. The normalized spacial score (nSPS) is 11.4. The van der Waals surface area contributed by atoms with Crippen LogP contribution in [0.4, 0.5) is 0 Å². The van der Waals surface area contributed by atoms with E-state index in [4.69, 9.17) is 5.11 Å². The number of aromatic nitrogens is 1. The van der Waals surface area contributed by atoms with Crippen LogP contribution in [0.25, 0.3) is 0 Å². The van der Waals surface area contributed by atoms with Crippen LogP contribution < -0.4 is 5.32 Å². The molecule has 0 aromatic carbocycles. The summed E-state index contributed by atoms with van der Waals surface area (Å²) < 4.78 is 4.40. The summed E-state index contributed by atoms with van der Waals surface area (Å²) in [7, 11) is 1.19. The molecular formula is C12H14N2O6. The van der Waals surface area contributed by atoms with Gasteiger partial charge >= 0.3 is 11.9 Å².